The minimum Gasteiger partial charge on any atom is -0.497 e. The number of aliphatic imine (C=N–C) groups is 1. The van der Waals surface area contributed by atoms with E-state index in [4.69, 9.17) is 4.74 Å². The number of amides is 1. The Morgan fingerprint density at radius 3 is 2.95 bits per heavy atom. The van der Waals surface area contributed by atoms with E-state index in [2.05, 4.69) is 10.3 Å². The van der Waals surface area contributed by atoms with Crippen LogP contribution in [0, 0.1) is 0 Å². The first-order chi connectivity index (χ1) is 9.76. The number of nitrogens with zero attached hydrogens (tertiary/aromatic N) is 1. The van der Waals surface area contributed by atoms with Crippen molar-refractivity contribution in [3.8, 4) is 5.75 Å². The predicted octanol–water partition coefficient (Wildman–Crippen LogP) is 2.67. The molecule has 100 valence electrons. The Bertz CT molecular complexity index is 702. The second-order valence-corrected chi connectivity index (χ2v) is 5.15. The molecule has 2 aromatic rings. The van der Waals surface area contributed by atoms with Crippen LogP contribution in [0.1, 0.15) is 10.4 Å². The van der Waals surface area contributed by atoms with E-state index < -0.39 is 0 Å². The topological polar surface area (TPSA) is 50.7 Å². The van der Waals surface area contributed by atoms with Crippen LogP contribution in [0.25, 0.3) is 6.08 Å². The lowest BCUT2D eigenvalue weighted by molar-refractivity contribution is -0.115. The molecule has 0 spiro atoms. The predicted molar refractivity (Wildman–Crippen MR) is 80.0 cm³/mol. The Balaban J connectivity index is 1.93. The summed E-state index contributed by atoms with van der Waals surface area (Å²) < 4.78 is 5.16. The van der Waals surface area contributed by atoms with Gasteiger partial charge in [-0.1, -0.05) is 18.2 Å². The second-order valence-electron chi connectivity index (χ2n) is 4.20. The Morgan fingerprint density at radius 1 is 1.30 bits per heavy atom. The first-order valence-corrected chi connectivity index (χ1v) is 6.94. The molecule has 5 heteroatoms. The van der Waals surface area contributed by atoms with Gasteiger partial charge in [0.2, 0.25) is 0 Å². The van der Waals surface area contributed by atoms with Crippen molar-refractivity contribution in [3.05, 3.63) is 57.9 Å². The Morgan fingerprint density at radius 2 is 2.20 bits per heavy atom. The Hall–Kier alpha value is -2.40. The number of methoxy groups -OCH3 is 1. The van der Waals surface area contributed by atoms with Gasteiger partial charge in [0.15, 0.2) is 5.84 Å². The molecule has 0 bridgehead atoms. The van der Waals surface area contributed by atoms with Gasteiger partial charge in [-0.15, -0.1) is 11.3 Å². The molecule has 0 unspecified atom stereocenters. The number of carbonyl (C=O) groups is 1. The minimum atomic E-state index is -0.184. The molecular formula is C15H12N2O2S. The molecule has 3 rings (SSSR count). The summed E-state index contributed by atoms with van der Waals surface area (Å²) in [6.07, 6.45) is 1.75. The monoisotopic (exact) mass is 284 g/mol. The van der Waals surface area contributed by atoms with Crippen LogP contribution in [0.2, 0.25) is 0 Å². The van der Waals surface area contributed by atoms with E-state index >= 15 is 0 Å². The van der Waals surface area contributed by atoms with Crippen molar-refractivity contribution in [2.75, 3.05) is 7.11 Å². The van der Waals surface area contributed by atoms with Gasteiger partial charge in [-0.3, -0.25) is 4.79 Å². The number of hydrogen-bond acceptors (Lipinski definition) is 4. The molecule has 0 saturated heterocycles. The zero-order chi connectivity index (χ0) is 13.9. The van der Waals surface area contributed by atoms with Crippen molar-refractivity contribution in [2.45, 2.75) is 0 Å². The molecule has 1 amide bonds. The molecule has 20 heavy (non-hydrogen) atoms. The molecule has 1 N–H and O–H groups in total. The quantitative estimate of drug-likeness (QED) is 0.881. The highest BCUT2D eigenvalue weighted by Crippen LogP contribution is 2.19. The van der Waals surface area contributed by atoms with Crippen LogP contribution in [0.4, 0.5) is 0 Å². The van der Waals surface area contributed by atoms with Gasteiger partial charge >= 0.3 is 0 Å². The Labute approximate surface area is 120 Å². The van der Waals surface area contributed by atoms with Crippen LogP contribution in [0.3, 0.4) is 0 Å². The molecule has 0 saturated carbocycles. The molecular weight excluding hydrogens is 272 g/mol. The maximum absolute atomic E-state index is 11.9. The fraction of sp³-hybridized carbons (Fsp3) is 0.0667. The van der Waals surface area contributed by atoms with E-state index in [-0.39, 0.29) is 5.91 Å². The summed E-state index contributed by atoms with van der Waals surface area (Å²) in [6.45, 7) is 0. The molecule has 1 aromatic carbocycles. The number of rotatable bonds is 3. The molecule has 1 aliphatic heterocycles. The highest BCUT2D eigenvalue weighted by molar-refractivity contribution is 7.12. The molecule has 2 heterocycles. The molecule has 1 aromatic heterocycles. The van der Waals surface area contributed by atoms with Gasteiger partial charge in [-0.25, -0.2) is 4.99 Å². The van der Waals surface area contributed by atoms with E-state index in [1.807, 2.05) is 41.8 Å². The van der Waals surface area contributed by atoms with Gasteiger partial charge in [-0.05, 0) is 35.2 Å². The fourth-order valence-electron chi connectivity index (χ4n) is 1.89. The van der Waals surface area contributed by atoms with Crippen molar-refractivity contribution in [1.29, 1.82) is 0 Å². The molecule has 0 fully saturated rings. The second kappa shape index (κ2) is 5.30. The molecule has 4 nitrogen and oxygen atoms in total. The summed E-state index contributed by atoms with van der Waals surface area (Å²) in [5.74, 6) is 1.18. The largest absolute Gasteiger partial charge is 0.497 e. The first-order valence-electron chi connectivity index (χ1n) is 6.06. The Kier molecular flexibility index (Phi) is 3.35. The van der Waals surface area contributed by atoms with Crippen molar-refractivity contribution >= 4 is 29.2 Å². The van der Waals surface area contributed by atoms with Gasteiger partial charge in [0, 0.05) is 0 Å². The molecule has 1 aliphatic rings. The van der Waals surface area contributed by atoms with Gasteiger partial charge in [0.25, 0.3) is 5.91 Å². The van der Waals surface area contributed by atoms with E-state index in [1.54, 1.807) is 24.5 Å². The van der Waals surface area contributed by atoms with Gasteiger partial charge in [0.1, 0.15) is 11.4 Å². The lowest BCUT2D eigenvalue weighted by atomic mass is 10.2. The smallest absolute Gasteiger partial charge is 0.275 e. The minimum absolute atomic E-state index is 0.184. The van der Waals surface area contributed by atoms with Gasteiger partial charge in [0.05, 0.1) is 12.0 Å². The molecule has 0 atom stereocenters. The number of thiophene rings is 1. The van der Waals surface area contributed by atoms with Crippen molar-refractivity contribution in [2.24, 2.45) is 4.99 Å². The van der Waals surface area contributed by atoms with Crippen LogP contribution in [0.15, 0.2) is 52.5 Å². The highest BCUT2D eigenvalue weighted by atomic mass is 32.1. The maximum Gasteiger partial charge on any atom is 0.275 e. The lowest BCUT2D eigenvalue weighted by Gasteiger charge is -2.00. The zero-order valence-corrected chi connectivity index (χ0v) is 11.6. The number of ether oxygens (including phenoxy) is 1. The maximum atomic E-state index is 11.9. The van der Waals surface area contributed by atoms with Crippen molar-refractivity contribution in [1.82, 2.24) is 5.32 Å². The summed E-state index contributed by atoms with van der Waals surface area (Å²) >= 11 is 1.54. The van der Waals surface area contributed by atoms with Crippen LogP contribution >= 0.6 is 11.3 Å². The lowest BCUT2D eigenvalue weighted by Crippen LogP contribution is -2.23. The van der Waals surface area contributed by atoms with Crippen molar-refractivity contribution in [3.63, 3.8) is 0 Å². The van der Waals surface area contributed by atoms with Crippen LogP contribution in [-0.2, 0) is 4.79 Å². The normalized spacial score (nSPS) is 16.1. The third-order valence-electron chi connectivity index (χ3n) is 2.85. The van der Waals surface area contributed by atoms with Crippen LogP contribution in [0.5, 0.6) is 5.75 Å². The number of benzene rings is 1. The summed E-state index contributed by atoms with van der Waals surface area (Å²) in [6, 6.07) is 11.4. The summed E-state index contributed by atoms with van der Waals surface area (Å²) in [7, 11) is 1.61. The number of amidine groups is 1. The third kappa shape index (κ3) is 2.48. The van der Waals surface area contributed by atoms with Crippen LogP contribution in [-0.4, -0.2) is 18.9 Å². The number of hydrogen-bond donors (Lipinski definition) is 1. The number of carbonyl (C=O) groups excluding carboxylic acids is 1. The van der Waals surface area contributed by atoms with Crippen LogP contribution < -0.4 is 10.1 Å². The SMILES string of the molecule is COc1cccc(/C=C2/N=C(c3cccs3)NC2=O)c1. The van der Waals surface area contributed by atoms with E-state index in [9.17, 15) is 4.79 Å². The van der Waals surface area contributed by atoms with Gasteiger partial charge < -0.3 is 10.1 Å². The van der Waals surface area contributed by atoms with E-state index in [1.165, 1.54) is 0 Å². The summed E-state index contributed by atoms with van der Waals surface area (Å²) in [4.78, 5) is 17.2. The molecule has 0 radical (unpaired) electrons. The third-order valence-corrected chi connectivity index (χ3v) is 3.73. The highest BCUT2D eigenvalue weighted by Gasteiger charge is 2.21. The average molecular weight is 284 g/mol. The average Bonchev–Trinajstić information content (AvgIpc) is 3.10. The van der Waals surface area contributed by atoms with E-state index in [0.717, 1.165) is 16.2 Å². The molecule has 0 aliphatic carbocycles. The van der Waals surface area contributed by atoms with Gasteiger partial charge in [-0.2, -0.15) is 0 Å². The van der Waals surface area contributed by atoms with E-state index in [0.29, 0.717) is 11.5 Å². The standard InChI is InChI=1S/C15H12N2O2S/c1-19-11-5-2-4-10(8-11)9-12-15(18)17-14(16-12)13-6-3-7-20-13/h2-9H,1H3,(H,16,17,18)/b12-9+. The fourth-order valence-corrected chi connectivity index (χ4v) is 2.56. The number of nitrogens with one attached hydrogen (secondary N) is 1. The summed E-state index contributed by atoms with van der Waals surface area (Å²) in [5.41, 5.74) is 1.28. The summed E-state index contributed by atoms with van der Waals surface area (Å²) in [5, 5.41) is 4.73. The first kappa shape index (κ1) is 12.6. The zero-order valence-electron chi connectivity index (χ0n) is 10.8. The van der Waals surface area contributed by atoms with Crippen molar-refractivity contribution < 1.29 is 9.53 Å².